The van der Waals surface area contributed by atoms with Crippen LogP contribution in [0.5, 0.6) is 0 Å². The molecular formula is C22H20N2S2. The fourth-order valence-corrected chi connectivity index (χ4v) is 3.57. The van der Waals surface area contributed by atoms with Crippen molar-refractivity contribution in [2.75, 3.05) is 12.5 Å². The van der Waals surface area contributed by atoms with E-state index in [-0.39, 0.29) is 0 Å². The van der Waals surface area contributed by atoms with Crippen molar-refractivity contribution in [1.29, 1.82) is 0 Å². The van der Waals surface area contributed by atoms with Gasteiger partial charge in [-0.2, -0.15) is 0 Å². The zero-order chi connectivity index (χ0) is 18.2. The quantitative estimate of drug-likeness (QED) is 0.356. The normalized spacial score (nSPS) is 11.5. The summed E-state index contributed by atoms with van der Waals surface area (Å²) in [4.78, 5) is 11.6. The minimum Gasteiger partial charge on any atom is -0.255 e. The number of hydrogen-bond acceptors (Lipinski definition) is 4. The van der Waals surface area contributed by atoms with Crippen LogP contribution in [0, 0.1) is 0 Å². The summed E-state index contributed by atoms with van der Waals surface area (Å²) in [7, 11) is 0. The first-order valence-corrected chi connectivity index (χ1v) is 10.7. The second-order valence-electron chi connectivity index (χ2n) is 5.53. The molecule has 0 heterocycles. The molecule has 0 saturated carbocycles. The third-order valence-corrected chi connectivity index (χ3v) is 5.36. The average molecular weight is 377 g/mol. The highest BCUT2D eigenvalue weighted by Gasteiger charge is 1.99. The Morgan fingerprint density at radius 1 is 0.615 bits per heavy atom. The van der Waals surface area contributed by atoms with Crippen LogP contribution in [0.3, 0.4) is 0 Å². The Morgan fingerprint density at radius 3 is 1.54 bits per heavy atom. The minimum atomic E-state index is 0.993. The maximum Gasteiger partial charge on any atom is 0.0765 e. The maximum atomic E-state index is 4.64. The molecule has 3 rings (SSSR count). The molecule has 0 radical (unpaired) electrons. The Bertz CT molecular complexity index is 860. The standard InChI is InChI=1S/C22H20N2S2/c1-25-21-12-5-3-10-19(21)23-15-17-8-7-9-18(14-17)16-24-20-11-4-6-13-22(20)26-2/h3-16H,1-2H3. The fraction of sp³-hybridized carbons (Fsp3) is 0.0909. The average Bonchev–Trinajstić information content (AvgIpc) is 2.71. The van der Waals surface area contributed by atoms with E-state index in [2.05, 4.69) is 52.8 Å². The van der Waals surface area contributed by atoms with Gasteiger partial charge in [-0.05, 0) is 54.0 Å². The molecule has 0 amide bonds. The van der Waals surface area contributed by atoms with Crippen molar-refractivity contribution in [3.8, 4) is 0 Å². The Morgan fingerprint density at radius 2 is 1.08 bits per heavy atom. The highest BCUT2D eigenvalue weighted by Crippen LogP contribution is 2.28. The Kier molecular flexibility index (Phi) is 6.69. The summed E-state index contributed by atoms with van der Waals surface area (Å²) >= 11 is 3.41. The van der Waals surface area contributed by atoms with Gasteiger partial charge < -0.3 is 0 Å². The van der Waals surface area contributed by atoms with E-state index in [1.165, 1.54) is 9.79 Å². The topological polar surface area (TPSA) is 24.7 Å². The number of nitrogens with zero attached hydrogens (tertiary/aromatic N) is 2. The summed E-state index contributed by atoms with van der Waals surface area (Å²) in [5.41, 5.74) is 4.10. The van der Waals surface area contributed by atoms with Crippen LogP contribution < -0.4 is 0 Å². The predicted molar refractivity (Wildman–Crippen MR) is 117 cm³/mol. The summed E-state index contributed by atoms with van der Waals surface area (Å²) in [6, 6.07) is 24.6. The SMILES string of the molecule is CSc1ccccc1N=Cc1cccc(C=Nc2ccccc2SC)c1. The van der Waals surface area contributed by atoms with Gasteiger partial charge in [-0.1, -0.05) is 42.5 Å². The lowest BCUT2D eigenvalue weighted by atomic mass is 10.1. The third kappa shape index (κ3) is 4.87. The van der Waals surface area contributed by atoms with Crippen LogP contribution in [0.1, 0.15) is 11.1 Å². The maximum absolute atomic E-state index is 4.64. The summed E-state index contributed by atoms with van der Waals surface area (Å²) in [5.74, 6) is 0. The second kappa shape index (κ2) is 9.41. The molecule has 0 atom stereocenters. The van der Waals surface area contributed by atoms with Crippen molar-refractivity contribution >= 4 is 47.3 Å². The molecule has 0 aromatic heterocycles. The van der Waals surface area contributed by atoms with E-state index in [0.717, 1.165) is 22.5 Å². The molecule has 0 aliphatic heterocycles. The molecule has 130 valence electrons. The highest BCUT2D eigenvalue weighted by atomic mass is 32.2. The van der Waals surface area contributed by atoms with Crippen LogP contribution >= 0.6 is 23.5 Å². The molecule has 0 fully saturated rings. The third-order valence-electron chi connectivity index (χ3n) is 3.79. The Labute approximate surface area is 163 Å². The summed E-state index contributed by atoms with van der Waals surface area (Å²) < 4.78 is 0. The molecule has 2 nitrogen and oxygen atoms in total. The van der Waals surface area contributed by atoms with Gasteiger partial charge in [0.25, 0.3) is 0 Å². The van der Waals surface area contributed by atoms with Crippen LogP contribution in [0.25, 0.3) is 0 Å². The smallest absolute Gasteiger partial charge is 0.0765 e. The molecule has 0 spiro atoms. The molecule has 0 bridgehead atoms. The van der Waals surface area contributed by atoms with Crippen molar-refractivity contribution < 1.29 is 0 Å². The first kappa shape index (κ1) is 18.5. The van der Waals surface area contributed by atoms with E-state index in [1.807, 2.05) is 54.9 Å². The first-order valence-electron chi connectivity index (χ1n) is 8.24. The van der Waals surface area contributed by atoms with Gasteiger partial charge >= 0.3 is 0 Å². The van der Waals surface area contributed by atoms with Gasteiger partial charge in [0, 0.05) is 22.2 Å². The molecule has 0 N–H and O–H groups in total. The number of thioether (sulfide) groups is 2. The molecule has 0 saturated heterocycles. The van der Waals surface area contributed by atoms with Crippen LogP contribution in [-0.2, 0) is 0 Å². The van der Waals surface area contributed by atoms with E-state index in [4.69, 9.17) is 0 Å². The van der Waals surface area contributed by atoms with E-state index in [9.17, 15) is 0 Å². The summed E-state index contributed by atoms with van der Waals surface area (Å²) in [6.45, 7) is 0. The largest absolute Gasteiger partial charge is 0.255 e. The number of rotatable bonds is 6. The zero-order valence-corrected chi connectivity index (χ0v) is 16.4. The zero-order valence-electron chi connectivity index (χ0n) is 14.8. The van der Waals surface area contributed by atoms with Gasteiger partial charge in [0.05, 0.1) is 11.4 Å². The van der Waals surface area contributed by atoms with Gasteiger partial charge in [-0.15, -0.1) is 23.5 Å². The lowest BCUT2D eigenvalue weighted by molar-refractivity contribution is 1.38. The highest BCUT2D eigenvalue weighted by molar-refractivity contribution is 7.99. The lowest BCUT2D eigenvalue weighted by Crippen LogP contribution is -1.86. The van der Waals surface area contributed by atoms with E-state index >= 15 is 0 Å². The van der Waals surface area contributed by atoms with Crippen LogP contribution in [0.15, 0.2) is 92.6 Å². The molecule has 0 aliphatic rings. The van der Waals surface area contributed by atoms with Crippen molar-refractivity contribution in [3.63, 3.8) is 0 Å². The Balaban J connectivity index is 1.80. The molecule has 26 heavy (non-hydrogen) atoms. The van der Waals surface area contributed by atoms with Gasteiger partial charge in [-0.25, -0.2) is 0 Å². The minimum absolute atomic E-state index is 0.993. The second-order valence-corrected chi connectivity index (χ2v) is 7.23. The van der Waals surface area contributed by atoms with E-state index < -0.39 is 0 Å². The lowest BCUT2D eigenvalue weighted by Gasteiger charge is -2.02. The molecular weight excluding hydrogens is 356 g/mol. The van der Waals surface area contributed by atoms with Gasteiger partial charge in [0.1, 0.15) is 0 Å². The van der Waals surface area contributed by atoms with Gasteiger partial charge in [-0.3, -0.25) is 9.98 Å². The Hall–Kier alpha value is -2.30. The molecule has 4 heteroatoms. The summed E-state index contributed by atoms with van der Waals surface area (Å²) in [5, 5.41) is 0. The van der Waals surface area contributed by atoms with Gasteiger partial charge in [0.2, 0.25) is 0 Å². The van der Waals surface area contributed by atoms with E-state index in [1.54, 1.807) is 23.5 Å². The van der Waals surface area contributed by atoms with Crippen LogP contribution in [0.4, 0.5) is 11.4 Å². The summed E-state index contributed by atoms with van der Waals surface area (Å²) in [6.07, 6.45) is 7.94. The van der Waals surface area contributed by atoms with Crippen LogP contribution in [0.2, 0.25) is 0 Å². The van der Waals surface area contributed by atoms with Crippen molar-refractivity contribution in [2.24, 2.45) is 9.98 Å². The van der Waals surface area contributed by atoms with E-state index in [0.29, 0.717) is 0 Å². The molecule has 3 aromatic rings. The fourth-order valence-electron chi connectivity index (χ4n) is 2.48. The number of benzene rings is 3. The molecule has 0 unspecified atom stereocenters. The van der Waals surface area contributed by atoms with Crippen LogP contribution in [-0.4, -0.2) is 24.9 Å². The number of aliphatic imine (C=N–C) groups is 2. The van der Waals surface area contributed by atoms with Gasteiger partial charge in [0.15, 0.2) is 0 Å². The number of hydrogen-bond donors (Lipinski definition) is 0. The predicted octanol–water partition coefficient (Wildman–Crippen LogP) is 6.63. The van der Waals surface area contributed by atoms with Crippen molar-refractivity contribution in [1.82, 2.24) is 0 Å². The van der Waals surface area contributed by atoms with Crippen molar-refractivity contribution in [2.45, 2.75) is 9.79 Å². The monoisotopic (exact) mass is 376 g/mol. The molecule has 3 aromatic carbocycles. The number of para-hydroxylation sites is 2. The molecule has 0 aliphatic carbocycles. The first-order chi connectivity index (χ1) is 12.8. The van der Waals surface area contributed by atoms with Crippen molar-refractivity contribution in [3.05, 3.63) is 83.9 Å².